The van der Waals surface area contributed by atoms with E-state index in [0.29, 0.717) is 35.3 Å². The van der Waals surface area contributed by atoms with E-state index in [1.54, 1.807) is 31.4 Å². The fourth-order valence-corrected chi connectivity index (χ4v) is 2.80. The normalized spacial score (nSPS) is 15.2. The first kappa shape index (κ1) is 15.7. The molecule has 0 unspecified atom stereocenters. The van der Waals surface area contributed by atoms with Crippen LogP contribution >= 0.6 is 0 Å². The number of nitrogens with zero attached hydrogens (tertiary/aromatic N) is 1. The van der Waals surface area contributed by atoms with Crippen LogP contribution in [0, 0.1) is 10.1 Å². The van der Waals surface area contributed by atoms with Gasteiger partial charge in [0.2, 0.25) is 0 Å². The molecule has 3 rings (SSSR count). The van der Waals surface area contributed by atoms with Crippen molar-refractivity contribution < 1.29 is 19.6 Å². The van der Waals surface area contributed by atoms with Gasteiger partial charge in [0.1, 0.15) is 5.75 Å². The quantitative estimate of drug-likeness (QED) is 0.530. The summed E-state index contributed by atoms with van der Waals surface area (Å²) in [5, 5.41) is 20.4. The monoisotopic (exact) mass is 325 g/mol. The number of hydrogen-bond donors (Lipinski definition) is 1. The maximum Gasteiger partial charge on any atom is 0.311 e. The highest BCUT2D eigenvalue weighted by Gasteiger charge is 2.22. The molecule has 2 aromatic carbocycles. The number of ketones is 1. The second kappa shape index (κ2) is 6.16. The molecule has 0 aromatic heterocycles. The number of carbonyl (C=O) groups is 1. The van der Waals surface area contributed by atoms with Crippen molar-refractivity contribution in [3.8, 4) is 11.5 Å². The average molecular weight is 325 g/mol. The van der Waals surface area contributed by atoms with Crippen LogP contribution in [0.3, 0.4) is 0 Å². The number of aryl methyl sites for hydroxylation is 1. The molecule has 0 saturated heterocycles. The number of phenolic OH excluding ortho intramolecular Hbond substituents is 1. The van der Waals surface area contributed by atoms with Crippen LogP contribution < -0.4 is 4.74 Å². The van der Waals surface area contributed by atoms with Crippen molar-refractivity contribution in [3.05, 3.63) is 68.8 Å². The van der Waals surface area contributed by atoms with Crippen LogP contribution in [0.25, 0.3) is 6.08 Å². The fraction of sp³-hybridized carbons (Fsp3) is 0.167. The molecule has 0 heterocycles. The Morgan fingerprint density at radius 1 is 1.21 bits per heavy atom. The molecule has 2 aromatic rings. The number of phenols is 1. The smallest absolute Gasteiger partial charge is 0.311 e. The van der Waals surface area contributed by atoms with E-state index < -0.39 is 10.7 Å². The molecule has 0 spiro atoms. The zero-order chi connectivity index (χ0) is 17.3. The van der Waals surface area contributed by atoms with Crippen LogP contribution in [-0.4, -0.2) is 22.9 Å². The summed E-state index contributed by atoms with van der Waals surface area (Å²) >= 11 is 0. The van der Waals surface area contributed by atoms with Gasteiger partial charge in [0.25, 0.3) is 0 Å². The Hall–Kier alpha value is -3.15. The molecular weight excluding hydrogens is 310 g/mol. The van der Waals surface area contributed by atoms with Crippen molar-refractivity contribution in [1.29, 1.82) is 0 Å². The number of rotatable bonds is 3. The molecule has 0 fully saturated rings. The molecule has 0 amide bonds. The summed E-state index contributed by atoms with van der Waals surface area (Å²) in [6.07, 6.45) is 2.89. The summed E-state index contributed by atoms with van der Waals surface area (Å²) in [6, 6.07) is 9.41. The fourth-order valence-electron chi connectivity index (χ4n) is 2.80. The number of methoxy groups -OCH3 is 1. The third-order valence-corrected chi connectivity index (χ3v) is 4.05. The molecule has 0 radical (unpaired) electrons. The van der Waals surface area contributed by atoms with E-state index in [-0.39, 0.29) is 11.5 Å². The van der Waals surface area contributed by atoms with Crippen LogP contribution in [0.2, 0.25) is 0 Å². The Bertz CT molecular complexity index is 870. The molecule has 6 heteroatoms. The number of hydrogen-bond acceptors (Lipinski definition) is 5. The number of benzene rings is 2. The zero-order valence-electron chi connectivity index (χ0n) is 13.0. The van der Waals surface area contributed by atoms with Gasteiger partial charge in [-0.05, 0) is 54.3 Å². The van der Waals surface area contributed by atoms with E-state index in [9.17, 15) is 20.0 Å². The number of Topliss-reactive ketones (excluding diaryl/α,β-unsaturated/α-hetero) is 1. The van der Waals surface area contributed by atoms with Gasteiger partial charge in [0, 0.05) is 17.2 Å². The van der Waals surface area contributed by atoms with Gasteiger partial charge in [-0.15, -0.1) is 0 Å². The maximum absolute atomic E-state index is 12.6. The van der Waals surface area contributed by atoms with Crippen molar-refractivity contribution in [2.24, 2.45) is 0 Å². The number of aromatic hydroxyl groups is 1. The number of ether oxygens (including phenoxy) is 1. The number of carbonyl (C=O) groups excluding carboxylic acids is 1. The summed E-state index contributed by atoms with van der Waals surface area (Å²) in [5.41, 5.74) is 2.29. The molecule has 0 aliphatic heterocycles. The Morgan fingerprint density at radius 2 is 2.00 bits per heavy atom. The van der Waals surface area contributed by atoms with Crippen molar-refractivity contribution >= 4 is 17.5 Å². The van der Waals surface area contributed by atoms with E-state index in [4.69, 9.17) is 4.74 Å². The van der Waals surface area contributed by atoms with Gasteiger partial charge in [-0.3, -0.25) is 14.9 Å². The lowest BCUT2D eigenvalue weighted by Crippen LogP contribution is -2.14. The lowest BCUT2D eigenvalue weighted by molar-refractivity contribution is -0.385. The maximum atomic E-state index is 12.6. The van der Waals surface area contributed by atoms with E-state index >= 15 is 0 Å². The minimum absolute atomic E-state index is 0.0883. The van der Waals surface area contributed by atoms with Crippen LogP contribution in [0.4, 0.5) is 5.69 Å². The van der Waals surface area contributed by atoms with E-state index in [1.165, 1.54) is 12.1 Å². The minimum Gasteiger partial charge on any atom is -0.502 e. The lowest BCUT2D eigenvalue weighted by Gasteiger charge is -2.18. The SMILES string of the molecule is COc1ccc2c(c1)CC/C(=C/c1ccc(O)c([N+](=O)[O-])c1)C2=O. The first-order valence-corrected chi connectivity index (χ1v) is 7.39. The van der Waals surface area contributed by atoms with Crippen molar-refractivity contribution in [3.63, 3.8) is 0 Å². The lowest BCUT2D eigenvalue weighted by atomic mass is 9.86. The van der Waals surface area contributed by atoms with Crippen molar-refractivity contribution in [1.82, 2.24) is 0 Å². The molecule has 122 valence electrons. The van der Waals surface area contributed by atoms with E-state index in [0.717, 1.165) is 5.56 Å². The minimum atomic E-state index is -0.651. The average Bonchev–Trinajstić information content (AvgIpc) is 2.58. The number of nitro benzene ring substituents is 1. The second-order valence-corrected chi connectivity index (χ2v) is 5.53. The van der Waals surface area contributed by atoms with Crippen molar-refractivity contribution in [2.45, 2.75) is 12.8 Å². The number of fused-ring (bicyclic) bond motifs is 1. The molecule has 1 aliphatic rings. The summed E-state index contributed by atoms with van der Waals surface area (Å²) in [6.45, 7) is 0. The summed E-state index contributed by atoms with van der Waals surface area (Å²) in [5.74, 6) is 0.229. The Morgan fingerprint density at radius 3 is 2.71 bits per heavy atom. The molecule has 0 saturated carbocycles. The molecule has 0 bridgehead atoms. The van der Waals surface area contributed by atoms with Crippen LogP contribution in [0.5, 0.6) is 11.5 Å². The zero-order valence-corrected chi connectivity index (χ0v) is 13.0. The highest BCUT2D eigenvalue weighted by Crippen LogP contribution is 2.31. The van der Waals surface area contributed by atoms with Gasteiger partial charge in [-0.2, -0.15) is 0 Å². The van der Waals surface area contributed by atoms with Gasteiger partial charge in [0.15, 0.2) is 11.5 Å². The first-order chi connectivity index (χ1) is 11.5. The molecular formula is C18H15NO5. The number of nitro groups is 1. The van der Waals surface area contributed by atoms with Crippen molar-refractivity contribution in [2.75, 3.05) is 7.11 Å². The van der Waals surface area contributed by atoms with E-state index in [2.05, 4.69) is 0 Å². The third-order valence-electron chi connectivity index (χ3n) is 4.05. The molecule has 24 heavy (non-hydrogen) atoms. The summed E-state index contributed by atoms with van der Waals surface area (Å²) in [4.78, 5) is 22.9. The predicted octanol–water partition coefficient (Wildman–Crippen LogP) is 3.52. The summed E-state index contributed by atoms with van der Waals surface area (Å²) < 4.78 is 5.17. The van der Waals surface area contributed by atoms with Crippen LogP contribution in [0.1, 0.15) is 27.9 Å². The Balaban J connectivity index is 1.96. The number of allylic oxidation sites excluding steroid dienone is 1. The summed E-state index contributed by atoms with van der Waals surface area (Å²) in [7, 11) is 1.58. The Labute approximate surface area is 138 Å². The second-order valence-electron chi connectivity index (χ2n) is 5.53. The van der Waals surface area contributed by atoms with Crippen LogP contribution in [0.15, 0.2) is 42.0 Å². The first-order valence-electron chi connectivity index (χ1n) is 7.39. The Kier molecular flexibility index (Phi) is 4.04. The third kappa shape index (κ3) is 2.86. The largest absolute Gasteiger partial charge is 0.502 e. The molecule has 0 atom stereocenters. The topological polar surface area (TPSA) is 89.7 Å². The van der Waals surface area contributed by atoms with Gasteiger partial charge >= 0.3 is 5.69 Å². The van der Waals surface area contributed by atoms with Crippen LogP contribution in [-0.2, 0) is 6.42 Å². The van der Waals surface area contributed by atoms with Gasteiger partial charge in [0.05, 0.1) is 12.0 Å². The predicted molar refractivity (Wildman–Crippen MR) is 88.4 cm³/mol. The van der Waals surface area contributed by atoms with Gasteiger partial charge in [-0.1, -0.05) is 6.07 Å². The highest BCUT2D eigenvalue weighted by atomic mass is 16.6. The molecule has 1 aliphatic carbocycles. The molecule has 6 nitrogen and oxygen atoms in total. The van der Waals surface area contributed by atoms with E-state index in [1.807, 2.05) is 6.07 Å². The van der Waals surface area contributed by atoms with Gasteiger partial charge < -0.3 is 9.84 Å². The highest BCUT2D eigenvalue weighted by molar-refractivity contribution is 6.13. The van der Waals surface area contributed by atoms with Gasteiger partial charge in [-0.25, -0.2) is 0 Å². The standard InChI is InChI=1S/C18H15NO5/c1-24-14-5-6-15-12(10-14)3-4-13(18(15)21)8-11-2-7-17(20)16(9-11)19(22)23/h2,5-10,20H,3-4H2,1H3/b13-8-. The molecule has 1 N–H and O–H groups in total.